The van der Waals surface area contributed by atoms with Gasteiger partial charge in [0.25, 0.3) is 0 Å². The Hall–Kier alpha value is -1.13. The van der Waals surface area contributed by atoms with E-state index in [-0.39, 0.29) is 6.42 Å². The molecule has 0 aliphatic carbocycles. The Morgan fingerprint density at radius 1 is 1.67 bits per heavy atom. The molecule has 3 nitrogen and oxygen atoms in total. The van der Waals surface area contributed by atoms with E-state index < -0.39 is 23.3 Å². The highest BCUT2D eigenvalue weighted by molar-refractivity contribution is 6.30. The normalized spacial score (nSPS) is 27.4. The van der Waals surface area contributed by atoms with Crippen LogP contribution >= 0.6 is 11.6 Å². The second kappa shape index (κ2) is 4.86. The number of hydrogen-bond acceptors (Lipinski definition) is 2. The molecule has 0 saturated carbocycles. The quantitative estimate of drug-likeness (QED) is 0.920. The van der Waals surface area contributed by atoms with Crippen molar-refractivity contribution >= 4 is 17.6 Å². The number of benzene rings is 1. The molecule has 1 heterocycles. The first kappa shape index (κ1) is 13.3. The van der Waals surface area contributed by atoms with Crippen LogP contribution < -0.4 is 0 Å². The van der Waals surface area contributed by atoms with Crippen LogP contribution in [0.1, 0.15) is 18.9 Å². The lowest BCUT2D eigenvalue weighted by Gasteiger charge is -2.27. The molecule has 0 radical (unpaired) electrons. The Morgan fingerprint density at radius 3 is 2.89 bits per heavy atom. The van der Waals surface area contributed by atoms with E-state index in [1.165, 1.54) is 12.1 Å². The highest BCUT2D eigenvalue weighted by Gasteiger charge is 2.48. The van der Waals surface area contributed by atoms with Crippen molar-refractivity contribution in [2.45, 2.75) is 25.9 Å². The molecule has 2 unspecified atom stereocenters. The second-order valence-electron chi connectivity index (χ2n) is 4.64. The third kappa shape index (κ3) is 2.22. The van der Waals surface area contributed by atoms with Crippen molar-refractivity contribution in [3.05, 3.63) is 34.6 Å². The number of aliphatic carboxylic acids is 1. The summed E-state index contributed by atoms with van der Waals surface area (Å²) in [5.41, 5.74) is -0.687. The van der Waals surface area contributed by atoms with Crippen LogP contribution in [-0.2, 0) is 16.0 Å². The summed E-state index contributed by atoms with van der Waals surface area (Å²) >= 11 is 5.68. The van der Waals surface area contributed by atoms with Crippen LogP contribution in [0.5, 0.6) is 0 Å². The van der Waals surface area contributed by atoms with Gasteiger partial charge in [-0.1, -0.05) is 17.7 Å². The molecule has 0 spiro atoms. The van der Waals surface area contributed by atoms with E-state index in [4.69, 9.17) is 16.3 Å². The molecule has 0 bridgehead atoms. The Morgan fingerprint density at radius 2 is 2.39 bits per heavy atom. The van der Waals surface area contributed by atoms with Crippen molar-refractivity contribution in [1.82, 2.24) is 0 Å². The molecule has 1 saturated heterocycles. The van der Waals surface area contributed by atoms with Crippen LogP contribution in [0.3, 0.4) is 0 Å². The number of carbonyl (C=O) groups is 1. The molecule has 1 fully saturated rings. The molecule has 0 amide bonds. The van der Waals surface area contributed by atoms with E-state index >= 15 is 0 Å². The van der Waals surface area contributed by atoms with Gasteiger partial charge < -0.3 is 9.84 Å². The Labute approximate surface area is 110 Å². The second-order valence-corrected chi connectivity index (χ2v) is 5.07. The summed E-state index contributed by atoms with van der Waals surface area (Å²) < 4.78 is 19.1. The zero-order valence-corrected chi connectivity index (χ0v) is 10.7. The van der Waals surface area contributed by atoms with Gasteiger partial charge in [0.15, 0.2) is 0 Å². The molecule has 2 rings (SSSR count). The molecule has 98 valence electrons. The van der Waals surface area contributed by atoms with Crippen LogP contribution in [0.2, 0.25) is 5.02 Å². The first-order chi connectivity index (χ1) is 8.45. The molecule has 1 aliphatic heterocycles. The van der Waals surface area contributed by atoms with E-state index in [9.17, 15) is 14.3 Å². The maximum Gasteiger partial charge on any atom is 0.312 e. The average molecular weight is 273 g/mol. The minimum absolute atomic E-state index is 0.118. The molecule has 18 heavy (non-hydrogen) atoms. The number of rotatable bonds is 3. The van der Waals surface area contributed by atoms with E-state index in [1.54, 1.807) is 13.0 Å². The summed E-state index contributed by atoms with van der Waals surface area (Å²) in [5, 5.41) is 9.71. The largest absolute Gasteiger partial charge is 0.481 e. The van der Waals surface area contributed by atoms with Gasteiger partial charge in [-0.15, -0.1) is 0 Å². The van der Waals surface area contributed by atoms with Gasteiger partial charge in [0, 0.05) is 11.6 Å². The minimum Gasteiger partial charge on any atom is -0.481 e. The average Bonchev–Trinajstić information content (AvgIpc) is 2.65. The van der Waals surface area contributed by atoms with Crippen LogP contribution in [-0.4, -0.2) is 23.8 Å². The monoisotopic (exact) mass is 272 g/mol. The fourth-order valence-electron chi connectivity index (χ4n) is 2.37. The molecule has 5 heteroatoms. The predicted molar refractivity (Wildman–Crippen MR) is 65.2 cm³/mol. The fourth-order valence-corrected chi connectivity index (χ4v) is 2.53. The summed E-state index contributed by atoms with van der Waals surface area (Å²) in [7, 11) is 0. The Bertz CT molecular complexity index is 477. The molecular weight excluding hydrogens is 259 g/mol. The van der Waals surface area contributed by atoms with Gasteiger partial charge in [-0.2, -0.15) is 0 Å². The molecule has 1 aromatic rings. The van der Waals surface area contributed by atoms with Gasteiger partial charge in [0.05, 0.1) is 11.5 Å². The molecular formula is C13H14ClFO3. The lowest BCUT2D eigenvalue weighted by molar-refractivity contribution is -0.151. The SMILES string of the molecule is CC1OCCC1(Cc1ccc(Cl)cc1F)C(=O)O. The standard InChI is InChI=1S/C13H14ClFO3/c1-8-13(12(16)17,4-5-18-8)7-9-2-3-10(14)6-11(9)15/h2-3,6,8H,4-5,7H2,1H3,(H,16,17). The van der Waals surface area contributed by atoms with Crippen molar-refractivity contribution in [3.63, 3.8) is 0 Å². The van der Waals surface area contributed by atoms with Gasteiger partial charge in [0.2, 0.25) is 0 Å². The Balaban J connectivity index is 2.32. The highest BCUT2D eigenvalue weighted by Crippen LogP contribution is 2.39. The number of carboxylic acid groups (broad SMARTS) is 1. The smallest absolute Gasteiger partial charge is 0.312 e. The lowest BCUT2D eigenvalue weighted by atomic mass is 9.76. The number of halogens is 2. The number of ether oxygens (including phenoxy) is 1. The molecule has 0 aromatic heterocycles. The first-order valence-electron chi connectivity index (χ1n) is 5.74. The molecule has 1 aromatic carbocycles. The van der Waals surface area contributed by atoms with Gasteiger partial charge in [-0.05, 0) is 37.5 Å². The fraction of sp³-hybridized carbons (Fsp3) is 0.462. The van der Waals surface area contributed by atoms with Crippen LogP contribution in [0.15, 0.2) is 18.2 Å². The topological polar surface area (TPSA) is 46.5 Å². The van der Waals surface area contributed by atoms with Gasteiger partial charge in [-0.3, -0.25) is 4.79 Å². The van der Waals surface area contributed by atoms with Crippen molar-refractivity contribution in [3.8, 4) is 0 Å². The predicted octanol–water partition coefficient (Wildman–Crippen LogP) is 2.90. The summed E-state index contributed by atoms with van der Waals surface area (Å²) in [4.78, 5) is 11.5. The van der Waals surface area contributed by atoms with Crippen molar-refractivity contribution < 1.29 is 19.0 Å². The van der Waals surface area contributed by atoms with Gasteiger partial charge in [-0.25, -0.2) is 4.39 Å². The van der Waals surface area contributed by atoms with Crippen LogP contribution in [0.25, 0.3) is 0 Å². The summed E-state index contributed by atoms with van der Waals surface area (Å²) in [6, 6.07) is 4.30. The minimum atomic E-state index is -1.05. The maximum absolute atomic E-state index is 13.7. The van der Waals surface area contributed by atoms with Crippen molar-refractivity contribution in [1.29, 1.82) is 0 Å². The Kier molecular flexibility index (Phi) is 3.59. The summed E-state index contributed by atoms with van der Waals surface area (Å²) in [5.74, 6) is -1.41. The van der Waals surface area contributed by atoms with Crippen LogP contribution in [0, 0.1) is 11.2 Å². The lowest BCUT2D eigenvalue weighted by Crippen LogP contribution is -2.39. The molecule has 1 aliphatic rings. The van der Waals surface area contributed by atoms with Gasteiger partial charge >= 0.3 is 5.97 Å². The van der Waals surface area contributed by atoms with E-state index in [1.807, 2.05) is 0 Å². The zero-order chi connectivity index (χ0) is 13.3. The van der Waals surface area contributed by atoms with E-state index in [2.05, 4.69) is 0 Å². The van der Waals surface area contributed by atoms with Crippen molar-refractivity contribution in [2.24, 2.45) is 5.41 Å². The number of hydrogen-bond donors (Lipinski definition) is 1. The van der Waals surface area contributed by atoms with E-state index in [0.717, 1.165) is 0 Å². The highest BCUT2D eigenvalue weighted by atomic mass is 35.5. The van der Waals surface area contributed by atoms with Gasteiger partial charge in [0.1, 0.15) is 5.82 Å². The first-order valence-corrected chi connectivity index (χ1v) is 6.12. The van der Waals surface area contributed by atoms with E-state index in [0.29, 0.717) is 23.6 Å². The van der Waals surface area contributed by atoms with Crippen LogP contribution in [0.4, 0.5) is 4.39 Å². The number of carboxylic acids is 1. The molecule has 1 N–H and O–H groups in total. The zero-order valence-electron chi connectivity index (χ0n) is 9.95. The molecule has 2 atom stereocenters. The third-order valence-corrected chi connectivity index (χ3v) is 3.88. The maximum atomic E-state index is 13.7. The summed E-state index contributed by atoms with van der Waals surface area (Å²) in [6.07, 6.45) is 0.0861. The van der Waals surface area contributed by atoms with Crippen molar-refractivity contribution in [2.75, 3.05) is 6.61 Å². The third-order valence-electron chi connectivity index (χ3n) is 3.64. The summed E-state index contributed by atoms with van der Waals surface area (Å²) in [6.45, 7) is 2.11.